The van der Waals surface area contributed by atoms with Crippen molar-refractivity contribution in [1.29, 1.82) is 0 Å². The molecule has 6 rings (SSSR count). The van der Waals surface area contributed by atoms with Gasteiger partial charge in [-0.1, -0.05) is 12.1 Å². The van der Waals surface area contributed by atoms with E-state index >= 15 is 0 Å². The van der Waals surface area contributed by atoms with Crippen molar-refractivity contribution in [3.63, 3.8) is 0 Å². The first kappa shape index (κ1) is 25.8. The standard InChI is InChI=1S/2C12H9NP.2ClH.Hf/c2*1-2-5-11-9-12(8-10(11)4-1)14-7-3-6-13-14;;;/h2*1-9H;2*1H;/q2*-1;;;+4. The monoisotopic (exact) mass is 648 g/mol. The number of halogens is 2. The minimum atomic E-state index is -0.273. The van der Waals surface area contributed by atoms with Gasteiger partial charge in [-0.05, 0) is 10.6 Å². The van der Waals surface area contributed by atoms with Gasteiger partial charge in [0.15, 0.2) is 12.4 Å². The van der Waals surface area contributed by atoms with Crippen molar-refractivity contribution in [3.8, 4) is 10.6 Å². The van der Waals surface area contributed by atoms with E-state index in [1.165, 1.54) is 32.2 Å². The van der Waals surface area contributed by atoms with Gasteiger partial charge in [0.1, 0.15) is 15.4 Å². The first-order valence-corrected chi connectivity index (χ1v) is 12.1. The number of rotatable bonds is 2. The molecule has 0 aliphatic carbocycles. The maximum Gasteiger partial charge on any atom is 4.00 e. The number of H-pyrrole nitrogens is 2. The first-order chi connectivity index (χ1) is 13.9. The van der Waals surface area contributed by atoms with Crippen LogP contribution in [0.3, 0.4) is 0 Å². The first-order valence-electron chi connectivity index (χ1n) is 9.29. The second kappa shape index (κ2) is 12.0. The van der Waals surface area contributed by atoms with Gasteiger partial charge < -0.3 is 24.8 Å². The molecular formula is C24H20Cl2HfN2P2+2. The van der Waals surface area contributed by atoms with Crippen molar-refractivity contribution >= 4 is 36.9 Å². The molecule has 0 amide bonds. The van der Waals surface area contributed by atoms with Crippen molar-refractivity contribution in [3.05, 3.63) is 109 Å². The van der Waals surface area contributed by atoms with Gasteiger partial charge in [0, 0.05) is 23.7 Å². The maximum atomic E-state index is 3.36. The number of aromatic amines is 2. The van der Waals surface area contributed by atoms with E-state index in [0.717, 1.165) is 0 Å². The molecule has 2 heterocycles. The summed E-state index contributed by atoms with van der Waals surface area (Å²) < 4.78 is 6.73. The molecule has 0 fully saturated rings. The third-order valence-corrected chi connectivity index (χ3v) is 8.28. The predicted octanol–water partition coefficient (Wildman–Crippen LogP) is 0.703. The molecule has 2 unspecified atom stereocenters. The molecule has 0 radical (unpaired) electrons. The summed E-state index contributed by atoms with van der Waals surface area (Å²) >= 11 is 0. The summed E-state index contributed by atoms with van der Waals surface area (Å²) in [5.74, 6) is 4.48. The molecular weight excluding hydrogens is 628 g/mol. The third kappa shape index (κ3) is 5.86. The van der Waals surface area contributed by atoms with E-state index < -0.39 is 0 Å². The van der Waals surface area contributed by atoms with Crippen LogP contribution < -0.4 is 34.3 Å². The predicted molar refractivity (Wildman–Crippen MR) is 120 cm³/mol. The average Bonchev–Trinajstić information content (AvgIpc) is 3.54. The molecule has 0 saturated heterocycles. The van der Waals surface area contributed by atoms with Crippen LogP contribution in [0, 0.1) is 0 Å². The Balaban J connectivity index is 0.000000201. The summed E-state index contributed by atoms with van der Waals surface area (Å²) in [5.41, 5.74) is 0. The molecule has 0 saturated carbocycles. The average molecular weight is 648 g/mol. The van der Waals surface area contributed by atoms with Gasteiger partial charge in [0.25, 0.3) is 0 Å². The molecule has 6 aromatic rings. The zero-order chi connectivity index (χ0) is 18.8. The summed E-state index contributed by atoms with van der Waals surface area (Å²) in [4.78, 5) is 0. The van der Waals surface area contributed by atoms with Crippen LogP contribution in [-0.2, 0) is 25.8 Å². The number of benzene rings is 2. The van der Waals surface area contributed by atoms with Crippen molar-refractivity contribution in [2.45, 2.75) is 0 Å². The van der Waals surface area contributed by atoms with E-state index in [2.05, 4.69) is 106 Å². The molecule has 2 N–H and O–H groups in total. The Kier molecular flexibility index (Phi) is 9.94. The Bertz CT molecular complexity index is 1150. The third-order valence-electron chi connectivity index (χ3n) is 4.85. The van der Waals surface area contributed by atoms with Crippen LogP contribution in [0.15, 0.2) is 109 Å². The SMILES string of the molecule is [Cl-].[Cl-].[Hf+4].c1ccc2[cH-]c(-p3ccc[nH+]3)cc2c1.c1ccc2[cH-]c(-p3ccc[nH+]3)cc2c1. The van der Waals surface area contributed by atoms with Gasteiger partial charge >= 0.3 is 25.8 Å². The summed E-state index contributed by atoms with van der Waals surface area (Å²) in [6.45, 7) is 0. The van der Waals surface area contributed by atoms with Crippen LogP contribution in [0.5, 0.6) is 0 Å². The summed E-state index contributed by atoms with van der Waals surface area (Å²) in [5, 5.41) is 8.18. The molecule has 0 aliphatic rings. The minimum Gasteiger partial charge on any atom is -1.00 e. The van der Waals surface area contributed by atoms with E-state index in [1.54, 1.807) is 0 Å². The molecule has 0 aliphatic heterocycles. The van der Waals surface area contributed by atoms with Crippen molar-refractivity contribution in [2.75, 3.05) is 0 Å². The molecule has 2 aromatic heterocycles. The second-order valence-electron chi connectivity index (χ2n) is 6.70. The minimum absolute atomic E-state index is 0. The smallest absolute Gasteiger partial charge is 1.00 e. The Labute approximate surface area is 215 Å². The van der Waals surface area contributed by atoms with Crippen LogP contribution in [0.4, 0.5) is 0 Å². The quantitative estimate of drug-likeness (QED) is 0.196. The summed E-state index contributed by atoms with van der Waals surface area (Å²) in [6, 6.07) is 30.3. The topological polar surface area (TPSA) is 28.3 Å². The van der Waals surface area contributed by atoms with Gasteiger partial charge in [-0.3, -0.25) is 0 Å². The van der Waals surface area contributed by atoms with Crippen LogP contribution >= 0.6 is 15.4 Å². The van der Waals surface area contributed by atoms with Crippen molar-refractivity contribution < 1.29 is 60.2 Å². The molecule has 152 valence electrons. The normalized spacial score (nSPS) is 11.0. The number of hydrogen-bond acceptors (Lipinski definition) is 0. The maximum absolute atomic E-state index is 3.36. The Morgan fingerprint density at radius 1 is 0.581 bits per heavy atom. The van der Waals surface area contributed by atoms with E-state index in [4.69, 9.17) is 0 Å². The molecule has 0 spiro atoms. The Morgan fingerprint density at radius 2 is 1.00 bits per heavy atom. The van der Waals surface area contributed by atoms with Gasteiger partial charge in [0.05, 0.1) is 0 Å². The van der Waals surface area contributed by atoms with Crippen LogP contribution in [-0.4, -0.2) is 0 Å². The van der Waals surface area contributed by atoms with Gasteiger partial charge in [0.2, 0.25) is 0 Å². The molecule has 7 heteroatoms. The van der Waals surface area contributed by atoms with E-state index in [0.29, 0.717) is 0 Å². The fourth-order valence-corrected chi connectivity index (χ4v) is 6.40. The summed E-state index contributed by atoms with van der Waals surface area (Å²) in [6.07, 6.45) is 4.03. The van der Waals surface area contributed by atoms with Crippen molar-refractivity contribution in [2.24, 2.45) is 0 Å². The number of hydrogen-bond donors (Lipinski definition) is 0. The van der Waals surface area contributed by atoms with Gasteiger partial charge in [-0.2, -0.15) is 12.1 Å². The van der Waals surface area contributed by atoms with Crippen LogP contribution in [0.2, 0.25) is 0 Å². The largest absolute Gasteiger partial charge is 4.00 e. The van der Waals surface area contributed by atoms with E-state index in [9.17, 15) is 0 Å². The zero-order valence-electron chi connectivity index (χ0n) is 16.5. The fourth-order valence-electron chi connectivity index (χ4n) is 3.46. The van der Waals surface area contributed by atoms with Gasteiger partial charge in [-0.25, -0.2) is 9.49 Å². The molecule has 31 heavy (non-hydrogen) atoms. The van der Waals surface area contributed by atoms with E-state index in [-0.39, 0.29) is 66.0 Å². The Hall–Kier alpha value is -1.47. The van der Waals surface area contributed by atoms with Crippen LogP contribution in [0.1, 0.15) is 0 Å². The van der Waals surface area contributed by atoms with Crippen molar-refractivity contribution in [1.82, 2.24) is 0 Å². The van der Waals surface area contributed by atoms with E-state index in [1.807, 2.05) is 12.4 Å². The number of fused-ring (bicyclic) bond motifs is 2. The number of aromatic nitrogens is 2. The fraction of sp³-hybridized carbons (Fsp3) is 0. The summed E-state index contributed by atoms with van der Waals surface area (Å²) in [7, 11) is -0.546. The zero-order valence-corrected chi connectivity index (χ0v) is 23.4. The number of nitrogens with one attached hydrogen (secondary N) is 2. The molecule has 4 aromatic carbocycles. The molecule has 2 atom stereocenters. The van der Waals surface area contributed by atoms with Crippen LogP contribution in [0.25, 0.3) is 32.2 Å². The second-order valence-corrected chi connectivity index (χ2v) is 10.3. The molecule has 2 nitrogen and oxygen atoms in total. The molecule has 0 bridgehead atoms. The Morgan fingerprint density at radius 3 is 1.35 bits per heavy atom. The van der Waals surface area contributed by atoms with Gasteiger partial charge in [-0.15, -0.1) is 70.1 Å².